The Hall–Kier alpha value is -1.70. The number of benzene rings is 4. The quantitative estimate of drug-likeness (QED) is 0.174. The molecule has 198 valence electrons. The van der Waals surface area contributed by atoms with Crippen LogP contribution in [-0.4, -0.2) is 9.52 Å². The monoisotopic (exact) mass is 644 g/mol. The van der Waals surface area contributed by atoms with Crippen molar-refractivity contribution in [3.63, 3.8) is 0 Å². The first kappa shape index (κ1) is 27.5. The number of rotatable bonds is 3. The standard InChI is InChI=1S/C23H27.C12H9Si.2ClH.Zr/c1-22(2,3)18-14-17-12-13-20(23(4,5)6)21(19(17)15-18)16-10-8-7-9-11-16;1-3-7-11-9(5-1)10-6-2-4-8-12(10)13-11;;;/h7-15H,1-6H3;1-7H,13H2;2*1H;/q;;;;+2/p-2. The van der Waals surface area contributed by atoms with Crippen molar-refractivity contribution in [2.75, 3.05) is 0 Å². The normalized spacial score (nSPS) is 17.1. The molecule has 0 saturated heterocycles. The third-order valence-corrected chi connectivity index (χ3v) is 22.7. The first-order chi connectivity index (χ1) is 18.4. The zero-order chi connectivity index (χ0) is 27.7. The second-order valence-corrected chi connectivity index (χ2v) is 29.0. The van der Waals surface area contributed by atoms with Crippen molar-refractivity contribution in [3.8, 4) is 22.3 Å². The molecule has 6 rings (SSSR count). The van der Waals surface area contributed by atoms with Crippen molar-refractivity contribution in [2.24, 2.45) is 5.41 Å². The summed E-state index contributed by atoms with van der Waals surface area (Å²) in [6.07, 6.45) is 2.46. The van der Waals surface area contributed by atoms with Crippen LogP contribution in [0, 0.1) is 5.41 Å². The van der Waals surface area contributed by atoms with E-state index in [0.717, 1.165) is 0 Å². The summed E-state index contributed by atoms with van der Waals surface area (Å²) < 4.78 is 1.36. The SMILES string of the molecule is CC(C)(C)C1=Cc2c(ccc(C(C)(C)C)c2-c2ccccc2)[CH]1[Zr]([Cl])([Cl])[c]1cccc2c1[SiH2]c1ccccc1-2. The van der Waals surface area contributed by atoms with E-state index in [0.29, 0.717) is 0 Å². The molecule has 4 aromatic rings. The molecule has 1 heterocycles. The van der Waals surface area contributed by atoms with Crippen LogP contribution in [-0.2, 0) is 23.3 Å². The summed E-state index contributed by atoms with van der Waals surface area (Å²) in [7, 11) is 15.2. The van der Waals surface area contributed by atoms with Crippen molar-refractivity contribution >= 4 is 46.3 Å². The maximum absolute atomic E-state index is 7.91. The van der Waals surface area contributed by atoms with Gasteiger partial charge in [-0.3, -0.25) is 0 Å². The third-order valence-electron chi connectivity index (χ3n) is 8.51. The zero-order valence-electron chi connectivity index (χ0n) is 23.7. The Bertz CT molecular complexity index is 1620. The predicted octanol–water partition coefficient (Wildman–Crippen LogP) is 8.02. The number of hydrogen-bond acceptors (Lipinski definition) is 0. The molecule has 0 saturated carbocycles. The van der Waals surface area contributed by atoms with Crippen molar-refractivity contribution in [1.82, 2.24) is 0 Å². The average Bonchev–Trinajstić information content (AvgIpc) is 3.47. The topological polar surface area (TPSA) is 0 Å². The molecule has 39 heavy (non-hydrogen) atoms. The van der Waals surface area contributed by atoms with Crippen LogP contribution < -0.4 is 13.6 Å². The fourth-order valence-corrected chi connectivity index (χ4v) is 23.8. The molecule has 2 aliphatic rings. The van der Waals surface area contributed by atoms with Gasteiger partial charge in [-0.2, -0.15) is 0 Å². The Labute approximate surface area is 247 Å². The molecule has 0 fully saturated rings. The minimum atomic E-state index is -4.04. The molecule has 1 aliphatic carbocycles. The van der Waals surface area contributed by atoms with Gasteiger partial charge in [0, 0.05) is 0 Å². The van der Waals surface area contributed by atoms with Gasteiger partial charge in [-0.05, 0) is 0 Å². The third kappa shape index (κ3) is 4.61. The van der Waals surface area contributed by atoms with Crippen molar-refractivity contribution in [3.05, 3.63) is 107 Å². The molecule has 1 unspecified atom stereocenters. The number of fused-ring (bicyclic) bond motifs is 4. The fourth-order valence-electron chi connectivity index (χ4n) is 6.66. The molecule has 0 N–H and O–H groups in total. The molecule has 0 radical (unpaired) electrons. The van der Waals surface area contributed by atoms with Gasteiger partial charge in [0.25, 0.3) is 0 Å². The first-order valence-electron chi connectivity index (χ1n) is 13.9. The number of halogens is 2. The van der Waals surface area contributed by atoms with Crippen LogP contribution in [0.15, 0.2) is 90.5 Å². The van der Waals surface area contributed by atoms with E-state index < -0.39 is 27.4 Å². The molecular weight excluding hydrogens is 611 g/mol. The van der Waals surface area contributed by atoms with Crippen LogP contribution in [0.1, 0.15) is 61.9 Å². The molecule has 1 atom stereocenters. The number of allylic oxidation sites excluding steroid dienone is 1. The Morgan fingerprint density at radius 3 is 2.05 bits per heavy atom. The predicted molar refractivity (Wildman–Crippen MR) is 172 cm³/mol. The first-order valence-corrected chi connectivity index (χ1v) is 24.3. The van der Waals surface area contributed by atoms with Crippen LogP contribution in [0.4, 0.5) is 0 Å². The van der Waals surface area contributed by atoms with Gasteiger partial charge >= 0.3 is 250 Å². The van der Waals surface area contributed by atoms with E-state index in [1.807, 2.05) is 0 Å². The fraction of sp³-hybridized carbons (Fsp3) is 0.257. The summed E-state index contributed by atoms with van der Waals surface area (Å²) in [5.74, 6) is 0. The summed E-state index contributed by atoms with van der Waals surface area (Å²) in [4.78, 5) is 0. The Morgan fingerprint density at radius 1 is 0.692 bits per heavy atom. The van der Waals surface area contributed by atoms with E-state index in [9.17, 15) is 0 Å². The molecule has 1 aliphatic heterocycles. The van der Waals surface area contributed by atoms with Gasteiger partial charge in [-0.1, -0.05) is 0 Å². The second kappa shape index (κ2) is 9.70. The maximum atomic E-state index is 7.91. The summed E-state index contributed by atoms with van der Waals surface area (Å²) in [5, 5.41) is 2.99. The van der Waals surface area contributed by atoms with Gasteiger partial charge in [0.05, 0.1) is 0 Å². The van der Waals surface area contributed by atoms with Crippen molar-refractivity contribution < 1.29 is 17.9 Å². The van der Waals surface area contributed by atoms with Crippen LogP contribution in [0.3, 0.4) is 0 Å². The summed E-state index contributed by atoms with van der Waals surface area (Å²) in [6.45, 7) is 13.9. The van der Waals surface area contributed by atoms with Gasteiger partial charge < -0.3 is 0 Å². The van der Waals surface area contributed by atoms with Crippen molar-refractivity contribution in [2.45, 2.75) is 50.6 Å². The van der Waals surface area contributed by atoms with Crippen LogP contribution in [0.2, 0.25) is 0 Å². The van der Waals surface area contributed by atoms with Gasteiger partial charge in [-0.25, -0.2) is 0 Å². The molecule has 4 heteroatoms. The molecule has 0 bridgehead atoms. The van der Waals surface area contributed by atoms with Crippen molar-refractivity contribution in [1.29, 1.82) is 0 Å². The summed E-state index contributed by atoms with van der Waals surface area (Å²) in [5.41, 5.74) is 10.7. The summed E-state index contributed by atoms with van der Waals surface area (Å²) >= 11 is -4.04. The van der Waals surface area contributed by atoms with Crippen LogP contribution in [0.25, 0.3) is 28.3 Å². The zero-order valence-corrected chi connectivity index (χ0v) is 29.1. The van der Waals surface area contributed by atoms with E-state index >= 15 is 0 Å². The van der Waals surface area contributed by atoms with Gasteiger partial charge in [0.1, 0.15) is 0 Å². The molecule has 0 aromatic heterocycles. The molecule has 0 spiro atoms. The molecule has 0 nitrogen and oxygen atoms in total. The second-order valence-electron chi connectivity index (χ2n) is 13.2. The molecule has 4 aromatic carbocycles. The Balaban J connectivity index is 1.59. The van der Waals surface area contributed by atoms with E-state index in [1.165, 1.54) is 58.2 Å². The van der Waals surface area contributed by atoms with Gasteiger partial charge in [0.2, 0.25) is 0 Å². The average molecular weight is 647 g/mol. The Morgan fingerprint density at radius 2 is 1.36 bits per heavy atom. The minimum absolute atomic E-state index is 0.00789. The van der Waals surface area contributed by atoms with E-state index in [-0.39, 0.29) is 14.5 Å². The van der Waals surface area contributed by atoms with Gasteiger partial charge in [0.15, 0.2) is 0 Å². The van der Waals surface area contributed by atoms with Crippen LogP contribution in [0.5, 0.6) is 0 Å². The van der Waals surface area contributed by atoms with E-state index in [1.54, 1.807) is 0 Å². The van der Waals surface area contributed by atoms with E-state index in [2.05, 4.69) is 133 Å². The summed E-state index contributed by atoms with van der Waals surface area (Å²) in [6, 6.07) is 31.2. The van der Waals surface area contributed by atoms with E-state index in [4.69, 9.17) is 17.0 Å². The van der Waals surface area contributed by atoms with Crippen LogP contribution >= 0.6 is 17.0 Å². The van der Waals surface area contributed by atoms with Gasteiger partial charge in [-0.15, -0.1) is 0 Å². The molecular formula is C35H36Cl2SiZr. The number of hydrogen-bond donors (Lipinski definition) is 0. The Kier molecular flexibility index (Phi) is 6.83. The molecule has 0 amide bonds.